The number of benzene rings is 1. The van der Waals surface area contributed by atoms with Gasteiger partial charge in [-0.2, -0.15) is 0 Å². The molecule has 1 aromatic carbocycles. The highest BCUT2D eigenvalue weighted by Crippen LogP contribution is 2.40. The van der Waals surface area contributed by atoms with Crippen molar-refractivity contribution in [3.63, 3.8) is 0 Å². The summed E-state index contributed by atoms with van der Waals surface area (Å²) in [5.74, 6) is -0.628. The highest BCUT2D eigenvalue weighted by Gasteiger charge is 2.43. The smallest absolute Gasteiger partial charge is 0.290 e. The molecule has 28 heavy (non-hydrogen) atoms. The summed E-state index contributed by atoms with van der Waals surface area (Å²) in [6.07, 6.45) is 0.766. The van der Waals surface area contributed by atoms with Crippen molar-refractivity contribution in [1.29, 1.82) is 0 Å². The Morgan fingerprint density at radius 1 is 1.29 bits per heavy atom. The summed E-state index contributed by atoms with van der Waals surface area (Å²) >= 11 is 1.30. The minimum absolute atomic E-state index is 0.137. The van der Waals surface area contributed by atoms with Gasteiger partial charge in [0.2, 0.25) is 5.78 Å². The van der Waals surface area contributed by atoms with Gasteiger partial charge in [-0.15, -0.1) is 11.3 Å². The number of aliphatic hydroxyl groups excluding tert-OH is 1. The van der Waals surface area contributed by atoms with Crippen LogP contribution in [0.1, 0.15) is 27.7 Å². The number of carbonyl (C=O) groups excluding carboxylic acids is 2. The van der Waals surface area contributed by atoms with E-state index in [1.807, 2.05) is 38.4 Å². The monoisotopic (exact) mass is 401 g/mol. The van der Waals surface area contributed by atoms with Crippen LogP contribution >= 0.6 is 11.3 Å². The molecule has 2 aromatic rings. The Balaban J connectivity index is 2.02. The molecular weight excluding hydrogens is 376 g/mol. The van der Waals surface area contributed by atoms with Gasteiger partial charge in [0.05, 0.1) is 44.2 Å². The molecule has 1 aliphatic heterocycles. The van der Waals surface area contributed by atoms with Crippen LogP contribution in [0.2, 0.25) is 0 Å². The van der Waals surface area contributed by atoms with Gasteiger partial charge in [0.25, 0.3) is 5.91 Å². The minimum Gasteiger partial charge on any atom is -0.503 e. The van der Waals surface area contributed by atoms with Gasteiger partial charge in [0.1, 0.15) is 5.75 Å². The zero-order valence-corrected chi connectivity index (χ0v) is 17.1. The fourth-order valence-corrected chi connectivity index (χ4v) is 4.10. The van der Waals surface area contributed by atoms with Gasteiger partial charge in [-0.05, 0) is 29.1 Å². The normalized spacial score (nSPS) is 16.9. The number of ether oxygens (including phenoxy) is 1. The largest absolute Gasteiger partial charge is 0.503 e. The van der Waals surface area contributed by atoms with Gasteiger partial charge >= 0.3 is 0 Å². The number of hydrogen-bond acceptors (Lipinski definition) is 5. The molecule has 1 aromatic heterocycles. The van der Waals surface area contributed by atoms with Crippen molar-refractivity contribution < 1.29 is 24.3 Å². The van der Waals surface area contributed by atoms with Crippen LogP contribution in [0.5, 0.6) is 5.75 Å². The maximum Gasteiger partial charge on any atom is 0.290 e. The molecule has 1 aliphatic rings. The number of ketones is 1. The van der Waals surface area contributed by atoms with Crippen molar-refractivity contribution in [1.82, 2.24) is 4.90 Å². The Kier molecular flexibility index (Phi) is 6.16. The number of hydrogen-bond donors (Lipinski definition) is 2. The zero-order valence-electron chi connectivity index (χ0n) is 16.3. The van der Waals surface area contributed by atoms with Gasteiger partial charge in [-0.1, -0.05) is 18.2 Å². The number of thiophene rings is 1. The maximum atomic E-state index is 13.1. The molecule has 0 fully saturated rings. The van der Waals surface area contributed by atoms with E-state index in [1.165, 1.54) is 16.2 Å². The van der Waals surface area contributed by atoms with E-state index in [2.05, 4.69) is 0 Å². The molecule has 0 saturated heterocycles. The Labute approximate surface area is 168 Å². The molecule has 0 aliphatic carbocycles. The predicted molar refractivity (Wildman–Crippen MR) is 108 cm³/mol. The van der Waals surface area contributed by atoms with E-state index < -0.39 is 17.7 Å². The van der Waals surface area contributed by atoms with Crippen LogP contribution in [-0.4, -0.2) is 56.0 Å². The molecule has 0 bridgehead atoms. The predicted octanol–water partition coefficient (Wildman–Crippen LogP) is 1.87. The number of methoxy groups -OCH3 is 1. The minimum atomic E-state index is -0.630. The van der Waals surface area contributed by atoms with Crippen molar-refractivity contribution in [2.75, 3.05) is 34.3 Å². The van der Waals surface area contributed by atoms with E-state index in [9.17, 15) is 14.7 Å². The summed E-state index contributed by atoms with van der Waals surface area (Å²) in [7, 11) is 5.67. The van der Waals surface area contributed by atoms with Crippen molar-refractivity contribution in [3.8, 4) is 5.75 Å². The second-order valence-corrected chi connectivity index (χ2v) is 8.00. The fourth-order valence-electron chi connectivity index (χ4n) is 3.42. The molecule has 1 atom stereocenters. The van der Waals surface area contributed by atoms with Crippen LogP contribution in [0.3, 0.4) is 0 Å². The molecular formula is C21H25N2O4S+. The van der Waals surface area contributed by atoms with Gasteiger partial charge in [0, 0.05) is 13.0 Å². The summed E-state index contributed by atoms with van der Waals surface area (Å²) in [5, 5.41) is 12.4. The number of aliphatic hydroxyl groups is 1. The summed E-state index contributed by atoms with van der Waals surface area (Å²) in [5.41, 5.74) is 0.881. The van der Waals surface area contributed by atoms with E-state index in [-0.39, 0.29) is 11.4 Å². The molecule has 7 heteroatoms. The summed E-state index contributed by atoms with van der Waals surface area (Å²) < 4.78 is 5.32. The lowest BCUT2D eigenvalue weighted by Gasteiger charge is -2.27. The molecule has 2 heterocycles. The van der Waals surface area contributed by atoms with E-state index in [0.29, 0.717) is 17.2 Å². The highest BCUT2D eigenvalue weighted by atomic mass is 32.1. The molecule has 0 radical (unpaired) electrons. The van der Waals surface area contributed by atoms with Gasteiger partial charge in [-0.3, -0.25) is 9.59 Å². The first kappa shape index (κ1) is 20.1. The number of carbonyl (C=O) groups is 2. The van der Waals surface area contributed by atoms with Gasteiger partial charge in [-0.25, -0.2) is 0 Å². The van der Waals surface area contributed by atoms with Crippen LogP contribution < -0.4 is 9.64 Å². The lowest BCUT2D eigenvalue weighted by molar-refractivity contribution is -0.858. The van der Waals surface area contributed by atoms with Crippen molar-refractivity contribution >= 4 is 23.0 Å². The number of nitrogens with zero attached hydrogens (tertiary/aromatic N) is 1. The van der Waals surface area contributed by atoms with Crippen LogP contribution in [-0.2, 0) is 4.79 Å². The number of Topliss-reactive ketones (excluding diaryl/α,β-unsaturated/α-hetero) is 1. The van der Waals surface area contributed by atoms with Gasteiger partial charge < -0.3 is 19.6 Å². The Bertz CT molecular complexity index is 890. The molecule has 148 valence electrons. The van der Waals surface area contributed by atoms with Crippen LogP contribution in [0.25, 0.3) is 0 Å². The molecule has 3 rings (SSSR count). The van der Waals surface area contributed by atoms with Crippen LogP contribution in [0.4, 0.5) is 0 Å². The van der Waals surface area contributed by atoms with E-state index >= 15 is 0 Å². The summed E-state index contributed by atoms with van der Waals surface area (Å²) in [4.78, 5) is 29.3. The average molecular weight is 402 g/mol. The number of rotatable bonds is 8. The lowest BCUT2D eigenvalue weighted by Crippen LogP contribution is -3.05. The van der Waals surface area contributed by atoms with E-state index in [4.69, 9.17) is 4.74 Å². The zero-order chi connectivity index (χ0) is 20.3. The first-order valence-electron chi connectivity index (χ1n) is 9.19. The molecule has 0 unspecified atom stereocenters. The third-order valence-corrected chi connectivity index (χ3v) is 5.65. The van der Waals surface area contributed by atoms with E-state index in [0.717, 1.165) is 18.5 Å². The Morgan fingerprint density at radius 3 is 2.71 bits per heavy atom. The standard InChI is InChI=1S/C21H24N2O4S/c1-22(2)10-6-11-23-18(14-7-4-8-15(13-14)27-3)17(20(25)21(23)26)19(24)16-9-5-12-28-16/h4-5,7-9,12-13,18,25H,6,10-11H2,1-3H3/p+1/t18-/m1/s1. The molecule has 0 saturated carbocycles. The second-order valence-electron chi connectivity index (χ2n) is 7.06. The number of amides is 1. The van der Waals surface area contributed by atoms with E-state index in [1.54, 1.807) is 29.5 Å². The maximum absolute atomic E-state index is 13.1. The second kappa shape index (κ2) is 8.58. The SMILES string of the molecule is COc1cccc([C@@H]2C(C(=O)c3cccs3)=C(O)C(=O)N2CCC[NH+](C)C)c1. The average Bonchev–Trinajstić information content (AvgIpc) is 3.30. The van der Waals surface area contributed by atoms with Gasteiger partial charge in [0.15, 0.2) is 5.76 Å². The van der Waals surface area contributed by atoms with Crippen LogP contribution in [0.15, 0.2) is 53.1 Å². The molecule has 0 spiro atoms. The van der Waals surface area contributed by atoms with Crippen molar-refractivity contribution in [2.24, 2.45) is 0 Å². The summed E-state index contributed by atoms with van der Waals surface area (Å²) in [6, 6.07) is 10.2. The Hall–Kier alpha value is -2.64. The molecule has 2 N–H and O–H groups in total. The fraction of sp³-hybridized carbons (Fsp3) is 0.333. The first-order valence-corrected chi connectivity index (χ1v) is 10.1. The topological polar surface area (TPSA) is 71.3 Å². The number of nitrogens with one attached hydrogen (secondary N) is 1. The lowest BCUT2D eigenvalue weighted by atomic mass is 9.95. The third kappa shape index (κ3) is 3.95. The molecule has 6 nitrogen and oxygen atoms in total. The summed E-state index contributed by atoms with van der Waals surface area (Å²) in [6.45, 7) is 1.33. The highest BCUT2D eigenvalue weighted by molar-refractivity contribution is 7.12. The number of quaternary nitrogens is 1. The molecule has 1 amide bonds. The van der Waals surface area contributed by atoms with Crippen LogP contribution in [0, 0.1) is 0 Å². The first-order chi connectivity index (χ1) is 13.4. The quantitative estimate of drug-likeness (QED) is 0.663. The van der Waals surface area contributed by atoms with Crippen molar-refractivity contribution in [2.45, 2.75) is 12.5 Å². The Morgan fingerprint density at radius 2 is 2.07 bits per heavy atom. The van der Waals surface area contributed by atoms with Crippen molar-refractivity contribution in [3.05, 3.63) is 63.6 Å². The third-order valence-electron chi connectivity index (χ3n) is 4.78.